The predicted molar refractivity (Wildman–Crippen MR) is 175 cm³/mol. The number of carbonyl (C=O) groups is 2. The second-order valence-electron chi connectivity index (χ2n) is 11.5. The van der Waals surface area contributed by atoms with Crippen molar-refractivity contribution in [1.29, 1.82) is 0 Å². The molecule has 1 heterocycles. The molecule has 4 atom stereocenters. The van der Waals surface area contributed by atoms with E-state index in [1.54, 1.807) is 0 Å². The predicted octanol–water partition coefficient (Wildman–Crippen LogP) is 4.09. The fourth-order valence-corrected chi connectivity index (χ4v) is 7.12. The zero-order chi connectivity index (χ0) is 33.6. The van der Waals surface area contributed by atoms with Crippen LogP contribution >= 0.6 is 0 Å². The summed E-state index contributed by atoms with van der Waals surface area (Å²) in [5, 5.41) is 13.8. The SMILES string of the molecule is CCCC(CCC)S(=O)CC(NC(=O)c1cnccn1)C(=O)N(Cc1cccc(CC)c1)CC(O)C(N)Cc1cc(F)cc(F)c1. The van der Waals surface area contributed by atoms with Gasteiger partial charge < -0.3 is 21.1 Å². The second kappa shape index (κ2) is 18.5. The average Bonchev–Trinajstić information content (AvgIpc) is 3.03. The van der Waals surface area contributed by atoms with Crippen LogP contribution in [0.2, 0.25) is 0 Å². The number of nitrogens with zero attached hydrogens (tertiary/aromatic N) is 3. The van der Waals surface area contributed by atoms with E-state index in [9.17, 15) is 27.7 Å². The minimum Gasteiger partial charge on any atom is -0.390 e. The summed E-state index contributed by atoms with van der Waals surface area (Å²) >= 11 is 0. The lowest BCUT2D eigenvalue weighted by Crippen LogP contribution is -2.54. The van der Waals surface area contributed by atoms with E-state index in [4.69, 9.17) is 5.73 Å². The smallest absolute Gasteiger partial charge is 0.272 e. The van der Waals surface area contributed by atoms with Crippen molar-refractivity contribution in [1.82, 2.24) is 20.2 Å². The number of rotatable bonds is 18. The lowest BCUT2D eigenvalue weighted by atomic mass is 10.0. The molecule has 2 amide bonds. The number of benzene rings is 2. The van der Waals surface area contributed by atoms with Crippen molar-refractivity contribution >= 4 is 22.6 Å². The van der Waals surface area contributed by atoms with E-state index in [-0.39, 0.29) is 41.8 Å². The van der Waals surface area contributed by atoms with Crippen molar-refractivity contribution in [3.05, 3.63) is 95.1 Å². The minimum absolute atomic E-state index is 0.00340. The Bertz CT molecular complexity index is 1420. The topological polar surface area (TPSA) is 139 Å². The summed E-state index contributed by atoms with van der Waals surface area (Å²) in [5.74, 6) is -2.86. The molecule has 3 rings (SSSR count). The lowest BCUT2D eigenvalue weighted by Gasteiger charge is -2.32. The van der Waals surface area contributed by atoms with Crippen molar-refractivity contribution in [3.8, 4) is 0 Å². The van der Waals surface area contributed by atoms with Crippen molar-refractivity contribution < 1.29 is 27.7 Å². The molecule has 4 N–H and O–H groups in total. The third-order valence-corrected chi connectivity index (χ3v) is 9.58. The third-order valence-electron chi connectivity index (χ3n) is 7.70. The number of nitrogens with one attached hydrogen (secondary N) is 1. The van der Waals surface area contributed by atoms with Gasteiger partial charge in [0, 0.05) is 53.6 Å². The summed E-state index contributed by atoms with van der Waals surface area (Å²) in [6.45, 7) is 5.85. The average molecular weight is 658 g/mol. The number of hydrogen-bond acceptors (Lipinski definition) is 7. The van der Waals surface area contributed by atoms with E-state index in [0.717, 1.165) is 48.6 Å². The van der Waals surface area contributed by atoms with Crippen molar-refractivity contribution in [3.63, 3.8) is 0 Å². The van der Waals surface area contributed by atoms with Gasteiger partial charge in [0.25, 0.3) is 5.91 Å². The standard InChI is InChI=1S/C34H45F2N5O4S/c1-4-8-28(9-5-2)46(45)22-31(40-33(43)30-19-38-12-13-39-30)34(44)41(20-24-11-7-10-23(6-3)14-24)21-32(42)29(37)17-25-15-26(35)18-27(36)16-25/h7,10-16,18-19,28-29,31-32,42H,4-6,8-9,17,20-22,37H2,1-3H3,(H,40,43). The van der Waals surface area contributed by atoms with E-state index < -0.39 is 52.4 Å². The Morgan fingerprint density at radius 1 is 1.00 bits per heavy atom. The molecule has 4 unspecified atom stereocenters. The summed E-state index contributed by atoms with van der Waals surface area (Å²) in [6.07, 6.45) is 6.54. The maximum absolute atomic E-state index is 14.3. The number of carbonyl (C=O) groups excluding carboxylic acids is 2. The maximum atomic E-state index is 14.3. The molecule has 0 saturated carbocycles. The van der Waals surface area contributed by atoms with Gasteiger partial charge >= 0.3 is 0 Å². The van der Waals surface area contributed by atoms with Crippen LogP contribution in [0.4, 0.5) is 8.78 Å². The quantitative estimate of drug-likeness (QED) is 0.187. The monoisotopic (exact) mass is 657 g/mol. The number of nitrogens with two attached hydrogens (primary N) is 1. The zero-order valence-corrected chi connectivity index (χ0v) is 27.5. The fourth-order valence-electron chi connectivity index (χ4n) is 5.29. The molecule has 0 radical (unpaired) electrons. The summed E-state index contributed by atoms with van der Waals surface area (Å²) < 4.78 is 41.3. The van der Waals surface area contributed by atoms with Crippen molar-refractivity contribution in [2.45, 2.75) is 89.3 Å². The molecule has 0 aliphatic rings. The maximum Gasteiger partial charge on any atom is 0.272 e. The number of aliphatic hydroxyl groups is 1. The van der Waals surface area contributed by atoms with Crippen molar-refractivity contribution in [2.24, 2.45) is 5.73 Å². The molecular formula is C34H45F2N5O4S. The van der Waals surface area contributed by atoms with Gasteiger partial charge in [-0.1, -0.05) is 57.9 Å². The Kier molecular flexibility index (Phi) is 14.8. The molecule has 0 bridgehead atoms. The van der Waals surface area contributed by atoms with Crippen LogP contribution in [0.5, 0.6) is 0 Å². The molecular weight excluding hydrogens is 612 g/mol. The van der Waals surface area contributed by atoms with Gasteiger partial charge in [-0.05, 0) is 54.5 Å². The Hall–Kier alpha value is -3.61. The molecule has 9 nitrogen and oxygen atoms in total. The van der Waals surface area contributed by atoms with E-state index in [2.05, 4.69) is 15.3 Å². The summed E-state index contributed by atoms with van der Waals surface area (Å²) in [7, 11) is -1.46. The van der Waals surface area contributed by atoms with Gasteiger partial charge in [0.1, 0.15) is 23.4 Å². The molecule has 0 spiro atoms. The Morgan fingerprint density at radius 2 is 1.67 bits per heavy atom. The molecule has 46 heavy (non-hydrogen) atoms. The first kappa shape index (κ1) is 36.9. The first-order valence-electron chi connectivity index (χ1n) is 15.7. The van der Waals surface area contributed by atoms with Crippen LogP contribution in [0.25, 0.3) is 0 Å². The number of aryl methyl sites for hydroxylation is 1. The Balaban J connectivity index is 1.94. The summed E-state index contributed by atoms with van der Waals surface area (Å²) in [5.41, 5.74) is 8.39. The second-order valence-corrected chi connectivity index (χ2v) is 13.2. The normalized spacial score (nSPS) is 14.0. The minimum atomic E-state index is -1.46. The van der Waals surface area contributed by atoms with Gasteiger partial charge in [-0.15, -0.1) is 0 Å². The summed E-state index contributed by atoms with van der Waals surface area (Å²) in [6, 6.07) is 8.50. The number of halogens is 2. The van der Waals surface area contributed by atoms with Crippen LogP contribution in [0.1, 0.15) is 73.6 Å². The molecule has 0 aliphatic heterocycles. The van der Waals surface area contributed by atoms with Crippen LogP contribution in [0, 0.1) is 11.6 Å². The molecule has 0 saturated heterocycles. The lowest BCUT2D eigenvalue weighted by molar-refractivity contribution is -0.135. The highest BCUT2D eigenvalue weighted by atomic mass is 32.2. The van der Waals surface area contributed by atoms with E-state index >= 15 is 0 Å². The molecule has 2 aromatic carbocycles. The van der Waals surface area contributed by atoms with Crippen LogP contribution < -0.4 is 11.1 Å². The molecule has 12 heteroatoms. The number of aromatic nitrogens is 2. The van der Waals surface area contributed by atoms with Gasteiger partial charge in [0.2, 0.25) is 5.91 Å². The first-order chi connectivity index (χ1) is 22.0. The van der Waals surface area contributed by atoms with Crippen LogP contribution in [-0.4, -0.2) is 71.7 Å². The molecule has 250 valence electrons. The number of amides is 2. The Labute approximate surface area is 272 Å². The van der Waals surface area contributed by atoms with E-state index in [0.29, 0.717) is 12.8 Å². The van der Waals surface area contributed by atoms with Crippen LogP contribution in [-0.2, 0) is 35.0 Å². The molecule has 0 fully saturated rings. The van der Waals surface area contributed by atoms with E-state index in [1.807, 2.05) is 45.0 Å². The highest BCUT2D eigenvalue weighted by Gasteiger charge is 2.32. The Morgan fingerprint density at radius 3 is 2.28 bits per heavy atom. The van der Waals surface area contributed by atoms with Crippen LogP contribution in [0.3, 0.4) is 0 Å². The van der Waals surface area contributed by atoms with Gasteiger partial charge in [0.05, 0.1) is 18.1 Å². The number of hydrogen-bond donors (Lipinski definition) is 3. The number of aliphatic hydroxyl groups excluding tert-OH is 1. The highest BCUT2D eigenvalue weighted by Crippen LogP contribution is 2.17. The van der Waals surface area contributed by atoms with Gasteiger partial charge in [-0.2, -0.15) is 0 Å². The zero-order valence-electron chi connectivity index (χ0n) is 26.7. The molecule has 1 aromatic heterocycles. The van der Waals surface area contributed by atoms with Gasteiger partial charge in [-0.3, -0.25) is 18.8 Å². The summed E-state index contributed by atoms with van der Waals surface area (Å²) in [4.78, 5) is 36.9. The van der Waals surface area contributed by atoms with E-state index in [1.165, 1.54) is 23.5 Å². The molecule has 0 aliphatic carbocycles. The fraction of sp³-hybridized carbons (Fsp3) is 0.471. The van der Waals surface area contributed by atoms with Crippen LogP contribution in [0.15, 0.2) is 61.1 Å². The highest BCUT2D eigenvalue weighted by molar-refractivity contribution is 7.85. The third kappa shape index (κ3) is 11.3. The largest absolute Gasteiger partial charge is 0.390 e. The first-order valence-corrected chi connectivity index (χ1v) is 17.1. The van der Waals surface area contributed by atoms with Gasteiger partial charge in [-0.25, -0.2) is 13.8 Å². The molecule has 3 aromatic rings. The van der Waals surface area contributed by atoms with Crippen molar-refractivity contribution in [2.75, 3.05) is 12.3 Å². The van der Waals surface area contributed by atoms with Gasteiger partial charge in [0.15, 0.2) is 0 Å².